The Bertz CT molecular complexity index is 1560. The van der Waals surface area contributed by atoms with Gasteiger partial charge in [-0.05, 0) is 66.1 Å². The van der Waals surface area contributed by atoms with E-state index in [4.69, 9.17) is 4.74 Å². The SMILES string of the molecule is CCCCCCCCCCCCOC(=O)CCC(=O)c1ccc(NCc2ccc3ccc4nc(C)[nH]c(=O)c4c3c2)cc1. The number of ketones is 1. The fourth-order valence-electron chi connectivity index (χ4n) is 5.42. The van der Waals surface area contributed by atoms with E-state index >= 15 is 0 Å². The van der Waals surface area contributed by atoms with Crippen LogP contribution >= 0.6 is 0 Å². The van der Waals surface area contributed by atoms with Crippen molar-refractivity contribution in [2.45, 2.75) is 97.4 Å². The Morgan fingerprint density at radius 3 is 2.23 bits per heavy atom. The number of H-pyrrole nitrogens is 1. The van der Waals surface area contributed by atoms with E-state index in [9.17, 15) is 14.4 Å². The Hall–Kier alpha value is -4.00. The molecule has 43 heavy (non-hydrogen) atoms. The number of hydrogen-bond acceptors (Lipinski definition) is 6. The van der Waals surface area contributed by atoms with Gasteiger partial charge in [0.05, 0.1) is 23.9 Å². The van der Waals surface area contributed by atoms with Crippen LogP contribution in [0.1, 0.15) is 106 Å². The molecule has 3 aromatic carbocycles. The first kappa shape index (κ1) is 31.9. The zero-order valence-electron chi connectivity index (χ0n) is 25.7. The second kappa shape index (κ2) is 16.6. The molecule has 1 aromatic heterocycles. The first-order chi connectivity index (χ1) is 20.9. The molecule has 0 atom stereocenters. The third kappa shape index (κ3) is 9.77. The number of anilines is 1. The molecule has 0 saturated carbocycles. The summed E-state index contributed by atoms with van der Waals surface area (Å²) in [6, 6.07) is 17.2. The number of fused-ring (bicyclic) bond motifs is 3. The van der Waals surface area contributed by atoms with Crippen LogP contribution < -0.4 is 10.9 Å². The number of carbonyl (C=O) groups is 2. The van der Waals surface area contributed by atoms with Crippen LogP contribution in [0.3, 0.4) is 0 Å². The van der Waals surface area contributed by atoms with E-state index < -0.39 is 0 Å². The Balaban J connectivity index is 1.16. The molecule has 4 aromatic rings. The predicted octanol–water partition coefficient (Wildman–Crippen LogP) is 8.42. The molecule has 0 fully saturated rings. The van der Waals surface area contributed by atoms with Gasteiger partial charge < -0.3 is 15.0 Å². The van der Waals surface area contributed by atoms with Crippen LogP contribution in [0.25, 0.3) is 21.7 Å². The number of benzene rings is 3. The summed E-state index contributed by atoms with van der Waals surface area (Å²) in [5.74, 6) is 0.215. The number of ether oxygens (including phenoxy) is 1. The Morgan fingerprint density at radius 2 is 1.51 bits per heavy atom. The summed E-state index contributed by atoms with van der Waals surface area (Å²) >= 11 is 0. The Labute approximate surface area is 254 Å². The highest BCUT2D eigenvalue weighted by molar-refractivity contribution is 6.05. The zero-order valence-corrected chi connectivity index (χ0v) is 25.7. The van der Waals surface area contributed by atoms with Crippen molar-refractivity contribution in [3.05, 3.63) is 81.9 Å². The maximum Gasteiger partial charge on any atom is 0.306 e. The van der Waals surface area contributed by atoms with E-state index in [2.05, 4.69) is 22.2 Å². The highest BCUT2D eigenvalue weighted by atomic mass is 16.5. The summed E-state index contributed by atoms with van der Waals surface area (Å²) in [5.41, 5.74) is 3.02. The molecule has 0 bridgehead atoms. The average Bonchev–Trinajstić information content (AvgIpc) is 3.01. The number of rotatable bonds is 18. The molecule has 0 saturated heterocycles. The number of Topliss-reactive ketones (excluding diaryl/α,β-unsaturated/α-hetero) is 1. The molecule has 0 aliphatic carbocycles. The number of carbonyl (C=O) groups excluding carboxylic acids is 2. The van der Waals surface area contributed by atoms with E-state index in [1.165, 1.54) is 51.4 Å². The van der Waals surface area contributed by atoms with Gasteiger partial charge in [-0.1, -0.05) is 82.9 Å². The van der Waals surface area contributed by atoms with Gasteiger partial charge in [0.2, 0.25) is 0 Å². The maximum atomic E-state index is 12.6. The van der Waals surface area contributed by atoms with Crippen LogP contribution in [0, 0.1) is 6.92 Å². The summed E-state index contributed by atoms with van der Waals surface area (Å²) < 4.78 is 5.33. The lowest BCUT2D eigenvalue weighted by molar-refractivity contribution is -0.143. The smallest absolute Gasteiger partial charge is 0.306 e. The van der Waals surface area contributed by atoms with Gasteiger partial charge in [0.15, 0.2) is 5.78 Å². The molecule has 4 rings (SSSR count). The monoisotopic (exact) mass is 583 g/mol. The summed E-state index contributed by atoms with van der Waals surface area (Å²) in [6.07, 6.45) is 12.6. The van der Waals surface area contributed by atoms with E-state index in [-0.39, 0.29) is 30.2 Å². The van der Waals surface area contributed by atoms with Crippen molar-refractivity contribution >= 4 is 39.1 Å². The number of aromatic nitrogens is 2. The zero-order chi connectivity index (χ0) is 30.4. The molecule has 0 spiro atoms. The van der Waals surface area contributed by atoms with Crippen molar-refractivity contribution in [2.75, 3.05) is 11.9 Å². The van der Waals surface area contributed by atoms with E-state index in [1.54, 1.807) is 19.1 Å². The molecule has 0 unspecified atom stereocenters. The van der Waals surface area contributed by atoms with E-state index in [1.807, 2.05) is 42.5 Å². The van der Waals surface area contributed by atoms with Crippen LogP contribution in [0.4, 0.5) is 5.69 Å². The largest absolute Gasteiger partial charge is 0.466 e. The molecule has 228 valence electrons. The normalized spacial score (nSPS) is 11.2. The minimum atomic E-state index is -0.307. The van der Waals surface area contributed by atoms with Gasteiger partial charge >= 0.3 is 5.97 Å². The summed E-state index contributed by atoms with van der Waals surface area (Å²) in [7, 11) is 0. The van der Waals surface area contributed by atoms with Gasteiger partial charge in [-0.15, -0.1) is 0 Å². The Morgan fingerprint density at radius 1 is 0.837 bits per heavy atom. The van der Waals surface area contributed by atoms with Crippen LogP contribution in [-0.2, 0) is 16.1 Å². The van der Waals surface area contributed by atoms with E-state index in [0.29, 0.717) is 35.4 Å². The minimum absolute atomic E-state index is 0.0714. The third-order valence-electron chi connectivity index (χ3n) is 7.89. The van der Waals surface area contributed by atoms with E-state index in [0.717, 1.165) is 34.9 Å². The van der Waals surface area contributed by atoms with Crippen molar-refractivity contribution < 1.29 is 14.3 Å². The average molecular weight is 584 g/mol. The Kier molecular flexibility index (Phi) is 12.3. The van der Waals surface area contributed by atoms with Gasteiger partial charge in [-0.25, -0.2) is 4.98 Å². The highest BCUT2D eigenvalue weighted by Gasteiger charge is 2.11. The molecule has 0 aliphatic rings. The van der Waals surface area contributed by atoms with Crippen molar-refractivity contribution in [3.8, 4) is 0 Å². The van der Waals surface area contributed by atoms with Crippen LogP contribution in [0.15, 0.2) is 59.4 Å². The van der Waals surface area contributed by atoms with Crippen molar-refractivity contribution in [3.63, 3.8) is 0 Å². The fraction of sp³-hybridized carbons (Fsp3) is 0.444. The van der Waals surface area contributed by atoms with Gasteiger partial charge in [-0.2, -0.15) is 0 Å². The van der Waals surface area contributed by atoms with Gasteiger partial charge in [0.1, 0.15) is 5.82 Å². The number of unbranched alkanes of at least 4 members (excludes halogenated alkanes) is 9. The molecule has 0 aliphatic heterocycles. The molecule has 0 radical (unpaired) electrons. The van der Waals surface area contributed by atoms with Gasteiger partial charge in [0.25, 0.3) is 5.56 Å². The lowest BCUT2D eigenvalue weighted by atomic mass is 10.0. The predicted molar refractivity (Wildman–Crippen MR) is 175 cm³/mol. The lowest BCUT2D eigenvalue weighted by Crippen LogP contribution is -2.10. The van der Waals surface area contributed by atoms with Gasteiger partial charge in [0, 0.05) is 24.2 Å². The van der Waals surface area contributed by atoms with Crippen LogP contribution in [0.2, 0.25) is 0 Å². The fourth-order valence-corrected chi connectivity index (χ4v) is 5.42. The molecule has 7 heteroatoms. The maximum absolute atomic E-state index is 12.6. The quantitative estimate of drug-likeness (QED) is 0.0528. The molecule has 7 nitrogen and oxygen atoms in total. The summed E-state index contributed by atoms with van der Waals surface area (Å²) in [5, 5.41) is 5.83. The molecular formula is C36H45N3O4. The molecule has 1 heterocycles. The van der Waals surface area contributed by atoms with Crippen molar-refractivity contribution in [1.29, 1.82) is 0 Å². The molecule has 0 amide bonds. The first-order valence-corrected chi connectivity index (χ1v) is 15.9. The number of aromatic amines is 1. The number of nitrogens with one attached hydrogen (secondary N) is 2. The third-order valence-corrected chi connectivity index (χ3v) is 7.89. The number of aryl methyl sites for hydroxylation is 1. The highest BCUT2D eigenvalue weighted by Crippen LogP contribution is 2.24. The molecular weight excluding hydrogens is 538 g/mol. The second-order valence-electron chi connectivity index (χ2n) is 11.4. The first-order valence-electron chi connectivity index (χ1n) is 15.9. The van der Waals surface area contributed by atoms with Crippen LogP contribution in [-0.4, -0.2) is 28.3 Å². The number of hydrogen-bond donors (Lipinski definition) is 2. The van der Waals surface area contributed by atoms with Crippen molar-refractivity contribution in [2.24, 2.45) is 0 Å². The second-order valence-corrected chi connectivity index (χ2v) is 11.4. The summed E-state index contributed by atoms with van der Waals surface area (Å²) in [6.45, 7) is 5.01. The minimum Gasteiger partial charge on any atom is -0.466 e. The summed E-state index contributed by atoms with van der Waals surface area (Å²) in [4.78, 5) is 44.6. The lowest BCUT2D eigenvalue weighted by Gasteiger charge is -2.10. The molecule has 2 N–H and O–H groups in total. The standard InChI is InChI=1S/C36H45N3O4/c1-3-4-5-6-7-8-9-10-11-12-23-43-34(41)22-21-33(40)29-15-18-30(19-16-29)37-25-27-13-14-28-17-20-32-35(31(28)24-27)36(42)39-26(2)38-32/h13-20,24,37H,3-12,21-23,25H2,1-2H3,(H,38,39,42). The van der Waals surface area contributed by atoms with Crippen LogP contribution in [0.5, 0.6) is 0 Å². The van der Waals surface area contributed by atoms with Crippen molar-refractivity contribution in [1.82, 2.24) is 9.97 Å². The topological polar surface area (TPSA) is 101 Å². The number of nitrogens with zero attached hydrogens (tertiary/aromatic N) is 1. The number of esters is 1. The van der Waals surface area contributed by atoms with Gasteiger partial charge in [-0.3, -0.25) is 14.4 Å².